The molecule has 1 heterocycles. The molecule has 0 radical (unpaired) electrons. The van der Waals surface area contributed by atoms with Gasteiger partial charge in [-0.1, -0.05) is 30.3 Å². The summed E-state index contributed by atoms with van der Waals surface area (Å²) in [5.74, 6) is -1.60. The molecule has 19 heavy (non-hydrogen) atoms. The number of rotatable bonds is 5. The molecule has 2 rings (SSSR count). The van der Waals surface area contributed by atoms with Gasteiger partial charge in [-0.3, -0.25) is 14.5 Å². The fourth-order valence-corrected chi connectivity index (χ4v) is 2.23. The Hall–Kier alpha value is -1.72. The van der Waals surface area contributed by atoms with E-state index in [1.807, 2.05) is 11.0 Å². The predicted molar refractivity (Wildman–Crippen MR) is 70.6 cm³/mol. The van der Waals surface area contributed by atoms with Gasteiger partial charge in [0.1, 0.15) is 5.92 Å². The lowest BCUT2D eigenvalue weighted by Crippen LogP contribution is -2.42. The molecule has 0 bridgehead atoms. The summed E-state index contributed by atoms with van der Waals surface area (Å²) in [5.41, 5.74) is 6.03. The van der Waals surface area contributed by atoms with Gasteiger partial charge in [-0.25, -0.2) is 0 Å². The quantitative estimate of drug-likeness (QED) is 0.767. The Bertz CT molecular complexity index is 441. The van der Waals surface area contributed by atoms with Crippen molar-refractivity contribution in [3.63, 3.8) is 0 Å². The molecule has 0 spiro atoms. The van der Waals surface area contributed by atoms with Gasteiger partial charge in [-0.05, 0) is 5.56 Å². The highest BCUT2D eigenvalue weighted by molar-refractivity contribution is 6.06. The summed E-state index contributed by atoms with van der Waals surface area (Å²) in [7, 11) is 0. The number of primary amides is 1. The van der Waals surface area contributed by atoms with Gasteiger partial charge in [0.15, 0.2) is 5.78 Å². The van der Waals surface area contributed by atoms with Crippen LogP contribution in [0, 0.1) is 0 Å². The molecule has 1 aromatic carbocycles. The van der Waals surface area contributed by atoms with Crippen molar-refractivity contribution in [1.82, 2.24) is 4.90 Å². The molecule has 5 nitrogen and oxygen atoms in total. The summed E-state index contributed by atoms with van der Waals surface area (Å²) in [4.78, 5) is 25.8. The topological polar surface area (TPSA) is 72.6 Å². The molecule has 1 amide bonds. The number of carbonyl (C=O) groups is 2. The van der Waals surface area contributed by atoms with Gasteiger partial charge < -0.3 is 10.5 Å². The van der Waals surface area contributed by atoms with Gasteiger partial charge in [0.2, 0.25) is 5.91 Å². The minimum Gasteiger partial charge on any atom is -0.379 e. The van der Waals surface area contributed by atoms with Crippen LogP contribution in [0.4, 0.5) is 0 Å². The zero-order valence-corrected chi connectivity index (χ0v) is 10.7. The van der Waals surface area contributed by atoms with Gasteiger partial charge in [0.05, 0.1) is 19.8 Å². The number of amides is 1. The number of ether oxygens (including phenoxy) is 1. The maximum Gasteiger partial charge on any atom is 0.232 e. The molecule has 0 aliphatic carbocycles. The van der Waals surface area contributed by atoms with Crippen LogP contribution >= 0.6 is 0 Å². The molecule has 0 aromatic heterocycles. The van der Waals surface area contributed by atoms with Crippen LogP contribution in [-0.2, 0) is 14.3 Å². The second kappa shape index (κ2) is 6.45. The van der Waals surface area contributed by atoms with E-state index in [0.29, 0.717) is 31.9 Å². The van der Waals surface area contributed by atoms with E-state index in [4.69, 9.17) is 10.5 Å². The smallest absolute Gasteiger partial charge is 0.232 e. The molecular formula is C14H18N2O3. The van der Waals surface area contributed by atoms with Crippen LogP contribution in [0.2, 0.25) is 0 Å². The van der Waals surface area contributed by atoms with Crippen molar-refractivity contribution in [2.45, 2.75) is 5.92 Å². The Morgan fingerprint density at radius 2 is 1.84 bits per heavy atom. The largest absolute Gasteiger partial charge is 0.379 e. The Morgan fingerprint density at radius 3 is 2.42 bits per heavy atom. The monoisotopic (exact) mass is 262 g/mol. The first-order valence-electron chi connectivity index (χ1n) is 6.35. The first-order chi connectivity index (χ1) is 9.18. The van der Waals surface area contributed by atoms with Crippen molar-refractivity contribution in [3.8, 4) is 0 Å². The fourth-order valence-electron chi connectivity index (χ4n) is 2.23. The molecule has 1 saturated heterocycles. The van der Waals surface area contributed by atoms with Crippen LogP contribution in [0.5, 0.6) is 0 Å². The van der Waals surface area contributed by atoms with Crippen LogP contribution in [0.25, 0.3) is 0 Å². The van der Waals surface area contributed by atoms with Crippen LogP contribution < -0.4 is 5.73 Å². The molecule has 1 aliphatic heterocycles. The summed E-state index contributed by atoms with van der Waals surface area (Å²) in [6.45, 7) is 2.92. The first kappa shape index (κ1) is 13.7. The number of hydrogen-bond acceptors (Lipinski definition) is 4. The van der Waals surface area contributed by atoms with Gasteiger partial charge in [-0.2, -0.15) is 0 Å². The number of Topliss-reactive ketones (excluding diaryl/α,β-unsaturated/α-hetero) is 1. The van der Waals surface area contributed by atoms with Crippen molar-refractivity contribution in [3.05, 3.63) is 35.9 Å². The molecule has 5 heteroatoms. The number of hydrogen-bond donors (Lipinski definition) is 1. The molecule has 1 fully saturated rings. The lowest BCUT2D eigenvalue weighted by atomic mass is 9.93. The highest BCUT2D eigenvalue weighted by atomic mass is 16.5. The summed E-state index contributed by atoms with van der Waals surface area (Å²) >= 11 is 0. The van der Waals surface area contributed by atoms with Crippen molar-refractivity contribution < 1.29 is 14.3 Å². The predicted octanol–water partition coefficient (Wildman–Crippen LogP) is 0.157. The minimum atomic E-state index is -0.857. The standard InChI is InChI=1S/C14H18N2O3/c15-14(18)13(11-4-2-1-3-5-11)12(17)10-16-6-8-19-9-7-16/h1-5,13H,6-10H2,(H2,15,18)/t13-/m1/s1. The van der Waals surface area contributed by atoms with E-state index >= 15 is 0 Å². The van der Waals surface area contributed by atoms with Crippen LogP contribution in [0.1, 0.15) is 11.5 Å². The summed E-state index contributed by atoms with van der Waals surface area (Å²) in [6.07, 6.45) is 0. The van der Waals surface area contributed by atoms with Crippen molar-refractivity contribution in [2.75, 3.05) is 32.8 Å². The highest BCUT2D eigenvalue weighted by Crippen LogP contribution is 2.17. The molecule has 1 atom stereocenters. The van der Waals surface area contributed by atoms with Crippen molar-refractivity contribution in [1.29, 1.82) is 0 Å². The Balaban J connectivity index is 2.06. The summed E-state index contributed by atoms with van der Waals surface area (Å²) in [6, 6.07) is 8.95. The first-order valence-corrected chi connectivity index (χ1v) is 6.35. The molecule has 0 saturated carbocycles. The van der Waals surface area contributed by atoms with Crippen molar-refractivity contribution in [2.24, 2.45) is 5.73 Å². The van der Waals surface area contributed by atoms with Gasteiger partial charge in [0.25, 0.3) is 0 Å². The van der Waals surface area contributed by atoms with Crippen LogP contribution in [0.15, 0.2) is 30.3 Å². The third kappa shape index (κ3) is 3.62. The lowest BCUT2D eigenvalue weighted by molar-refractivity contribution is -0.129. The molecule has 2 N–H and O–H groups in total. The number of benzene rings is 1. The van der Waals surface area contributed by atoms with E-state index in [1.54, 1.807) is 24.3 Å². The van der Waals surface area contributed by atoms with Crippen LogP contribution in [-0.4, -0.2) is 49.4 Å². The molecule has 1 aromatic rings. The zero-order valence-electron chi connectivity index (χ0n) is 10.7. The molecular weight excluding hydrogens is 244 g/mol. The second-order valence-electron chi connectivity index (χ2n) is 4.60. The van der Waals surface area contributed by atoms with E-state index in [9.17, 15) is 9.59 Å². The van der Waals surface area contributed by atoms with Gasteiger partial charge in [-0.15, -0.1) is 0 Å². The van der Waals surface area contributed by atoms with E-state index in [2.05, 4.69) is 0 Å². The summed E-state index contributed by atoms with van der Waals surface area (Å²) < 4.78 is 5.23. The molecule has 1 aliphatic rings. The number of nitrogens with two attached hydrogens (primary N) is 1. The minimum absolute atomic E-state index is 0.152. The average molecular weight is 262 g/mol. The van der Waals surface area contributed by atoms with Crippen molar-refractivity contribution >= 4 is 11.7 Å². The van der Waals surface area contributed by atoms with Crippen LogP contribution in [0.3, 0.4) is 0 Å². The van der Waals surface area contributed by atoms with Gasteiger partial charge in [0, 0.05) is 13.1 Å². The SMILES string of the molecule is NC(=O)[C@@H](C(=O)CN1CCOCC1)c1ccccc1. The second-order valence-corrected chi connectivity index (χ2v) is 4.60. The number of carbonyl (C=O) groups excluding carboxylic acids is 2. The fraction of sp³-hybridized carbons (Fsp3) is 0.429. The lowest BCUT2D eigenvalue weighted by Gasteiger charge is -2.27. The number of morpholine rings is 1. The Kier molecular flexibility index (Phi) is 4.65. The van der Waals surface area contributed by atoms with Gasteiger partial charge >= 0.3 is 0 Å². The number of ketones is 1. The molecule has 0 unspecified atom stereocenters. The van der Waals surface area contributed by atoms with E-state index in [-0.39, 0.29) is 12.3 Å². The van der Waals surface area contributed by atoms with E-state index < -0.39 is 11.8 Å². The maximum atomic E-state index is 12.3. The normalized spacial score (nSPS) is 17.9. The summed E-state index contributed by atoms with van der Waals surface area (Å²) in [5, 5.41) is 0. The molecule has 102 valence electrons. The highest BCUT2D eigenvalue weighted by Gasteiger charge is 2.27. The average Bonchev–Trinajstić information content (AvgIpc) is 2.40. The zero-order chi connectivity index (χ0) is 13.7. The third-order valence-corrected chi connectivity index (χ3v) is 3.22. The maximum absolute atomic E-state index is 12.3. The Morgan fingerprint density at radius 1 is 1.21 bits per heavy atom. The Labute approximate surface area is 112 Å². The third-order valence-electron chi connectivity index (χ3n) is 3.22. The van der Waals surface area contributed by atoms with E-state index in [0.717, 1.165) is 0 Å². The number of nitrogens with zero attached hydrogens (tertiary/aromatic N) is 1. The van der Waals surface area contributed by atoms with E-state index in [1.165, 1.54) is 0 Å².